The lowest BCUT2D eigenvalue weighted by molar-refractivity contribution is -0.137. The summed E-state index contributed by atoms with van der Waals surface area (Å²) in [5.74, 6) is 0.770. The second kappa shape index (κ2) is 12.1. The van der Waals surface area contributed by atoms with Gasteiger partial charge in [0.2, 0.25) is 0 Å². The number of nitrogens with one attached hydrogen (secondary N) is 1. The minimum Gasteiger partial charge on any atom is -0.497 e. The highest BCUT2D eigenvalue weighted by Crippen LogP contribution is 2.32. The van der Waals surface area contributed by atoms with Crippen LogP contribution >= 0.6 is 0 Å². The molecule has 1 N–H and O–H groups in total. The van der Waals surface area contributed by atoms with E-state index in [2.05, 4.69) is 12.2 Å². The number of carbonyl (C=O) groups excluding carboxylic acids is 2. The van der Waals surface area contributed by atoms with Crippen molar-refractivity contribution in [1.29, 1.82) is 0 Å². The molecule has 2 aromatic carbocycles. The van der Waals surface area contributed by atoms with Crippen molar-refractivity contribution in [1.82, 2.24) is 4.90 Å². The van der Waals surface area contributed by atoms with Gasteiger partial charge in [-0.3, -0.25) is 14.5 Å². The Kier molecular flexibility index (Phi) is 8.89. The Hall–Kier alpha value is -3.32. The predicted octanol–water partition coefficient (Wildman–Crippen LogP) is 4.49. The Morgan fingerprint density at radius 3 is 2.15 bits per heavy atom. The zero-order valence-corrected chi connectivity index (χ0v) is 19.6. The van der Waals surface area contributed by atoms with Crippen molar-refractivity contribution >= 4 is 23.1 Å². The quantitative estimate of drug-likeness (QED) is 0.356. The minimum atomic E-state index is -0.340. The highest BCUT2D eigenvalue weighted by molar-refractivity contribution is 6.36. The van der Waals surface area contributed by atoms with E-state index in [0.29, 0.717) is 61.1 Å². The predicted molar refractivity (Wildman–Crippen MR) is 128 cm³/mol. The molecule has 0 aromatic heterocycles. The lowest BCUT2D eigenvalue weighted by Gasteiger charge is -2.15. The van der Waals surface area contributed by atoms with Gasteiger partial charge in [-0.1, -0.05) is 25.5 Å². The second-order valence-electron chi connectivity index (χ2n) is 7.64. The van der Waals surface area contributed by atoms with E-state index < -0.39 is 0 Å². The second-order valence-corrected chi connectivity index (χ2v) is 7.64. The molecule has 0 bridgehead atoms. The van der Waals surface area contributed by atoms with E-state index in [-0.39, 0.29) is 17.5 Å². The summed E-state index contributed by atoms with van der Waals surface area (Å²) in [7, 11) is 1.60. The fraction of sp³-hybridized carbons (Fsp3) is 0.385. The Balaban J connectivity index is 1.82. The van der Waals surface area contributed by atoms with Crippen molar-refractivity contribution in [3.05, 3.63) is 59.8 Å². The number of carbonyl (C=O) groups is 2. The summed E-state index contributed by atoms with van der Waals surface area (Å²) in [6.45, 7) is 6.08. The first kappa shape index (κ1) is 24.3. The summed E-state index contributed by atoms with van der Waals surface area (Å²) in [4.78, 5) is 27.9. The van der Waals surface area contributed by atoms with E-state index in [9.17, 15) is 9.59 Å². The van der Waals surface area contributed by atoms with Gasteiger partial charge >= 0.3 is 0 Å². The third-order valence-electron chi connectivity index (χ3n) is 5.29. The number of amides is 2. The minimum absolute atomic E-state index is 0.265. The molecule has 0 spiro atoms. The molecule has 1 aliphatic rings. The van der Waals surface area contributed by atoms with Crippen molar-refractivity contribution in [2.75, 3.05) is 38.8 Å². The van der Waals surface area contributed by atoms with Crippen LogP contribution < -0.4 is 14.8 Å². The number of benzene rings is 2. The molecule has 3 rings (SSSR count). The van der Waals surface area contributed by atoms with Crippen molar-refractivity contribution in [3.63, 3.8) is 0 Å². The van der Waals surface area contributed by atoms with Crippen molar-refractivity contribution < 1.29 is 23.8 Å². The average Bonchev–Trinajstić information content (AvgIpc) is 3.06. The molecule has 33 heavy (non-hydrogen) atoms. The third kappa shape index (κ3) is 6.14. The van der Waals surface area contributed by atoms with Gasteiger partial charge in [0.15, 0.2) is 0 Å². The smallest absolute Gasteiger partial charge is 0.278 e. The molecule has 0 fully saturated rings. The number of ether oxygens (including phenoxy) is 3. The van der Waals surface area contributed by atoms with Gasteiger partial charge < -0.3 is 19.5 Å². The van der Waals surface area contributed by atoms with E-state index in [1.165, 1.54) is 4.90 Å². The molecule has 2 amide bonds. The maximum Gasteiger partial charge on any atom is 0.278 e. The Labute approximate surface area is 195 Å². The van der Waals surface area contributed by atoms with E-state index in [1.807, 2.05) is 19.1 Å². The standard InChI is InChI=1S/C26H32N2O5/c1-4-6-17-32-18-7-16-28-25(29)23(19-8-12-22(13-9-19)33-5-2)24(26(28)30)27-20-10-14-21(31-3)15-11-20/h8-15,27H,4-7,16-18H2,1-3H3. The van der Waals surface area contributed by atoms with Crippen molar-refractivity contribution in [3.8, 4) is 11.5 Å². The van der Waals surface area contributed by atoms with Gasteiger partial charge in [-0.2, -0.15) is 0 Å². The number of hydrogen-bond acceptors (Lipinski definition) is 6. The molecule has 0 saturated carbocycles. The molecule has 2 aromatic rings. The van der Waals surface area contributed by atoms with Crippen LogP contribution in [-0.4, -0.2) is 50.2 Å². The van der Waals surface area contributed by atoms with Gasteiger partial charge in [-0.05, 0) is 61.7 Å². The molecule has 0 radical (unpaired) electrons. The van der Waals surface area contributed by atoms with Crippen LogP contribution in [0.25, 0.3) is 5.57 Å². The highest BCUT2D eigenvalue weighted by Gasteiger charge is 2.38. The van der Waals surface area contributed by atoms with Crippen LogP contribution in [0.4, 0.5) is 5.69 Å². The van der Waals surface area contributed by atoms with Gasteiger partial charge in [0.05, 0.1) is 19.3 Å². The summed E-state index contributed by atoms with van der Waals surface area (Å²) in [6.07, 6.45) is 2.66. The third-order valence-corrected chi connectivity index (χ3v) is 5.29. The fourth-order valence-corrected chi connectivity index (χ4v) is 3.54. The number of methoxy groups -OCH3 is 1. The number of unbranched alkanes of at least 4 members (excludes halogenated alkanes) is 1. The van der Waals surface area contributed by atoms with Gasteiger partial charge in [0.1, 0.15) is 17.2 Å². The summed E-state index contributed by atoms with van der Waals surface area (Å²) in [6, 6.07) is 14.4. The number of rotatable bonds is 13. The maximum atomic E-state index is 13.3. The maximum absolute atomic E-state index is 13.3. The first-order valence-electron chi connectivity index (χ1n) is 11.4. The topological polar surface area (TPSA) is 77.1 Å². The van der Waals surface area contributed by atoms with E-state index in [4.69, 9.17) is 14.2 Å². The Bertz CT molecular complexity index is 967. The van der Waals surface area contributed by atoms with E-state index >= 15 is 0 Å². The highest BCUT2D eigenvalue weighted by atomic mass is 16.5. The van der Waals surface area contributed by atoms with Crippen LogP contribution in [0.2, 0.25) is 0 Å². The summed E-state index contributed by atoms with van der Waals surface area (Å²) in [5, 5.41) is 3.16. The molecule has 7 heteroatoms. The van der Waals surface area contributed by atoms with E-state index in [1.54, 1.807) is 43.5 Å². The Morgan fingerprint density at radius 1 is 0.848 bits per heavy atom. The fourth-order valence-electron chi connectivity index (χ4n) is 3.54. The first-order valence-corrected chi connectivity index (χ1v) is 11.4. The monoisotopic (exact) mass is 452 g/mol. The largest absolute Gasteiger partial charge is 0.497 e. The number of anilines is 1. The molecule has 0 atom stereocenters. The average molecular weight is 453 g/mol. The molecule has 0 saturated heterocycles. The molecule has 7 nitrogen and oxygen atoms in total. The molecular formula is C26H32N2O5. The van der Waals surface area contributed by atoms with Gasteiger partial charge in [0, 0.05) is 25.4 Å². The summed E-state index contributed by atoms with van der Waals surface area (Å²) in [5.41, 5.74) is 1.97. The number of nitrogens with zero attached hydrogens (tertiary/aromatic N) is 1. The molecule has 176 valence electrons. The van der Waals surface area contributed by atoms with Gasteiger partial charge in [-0.15, -0.1) is 0 Å². The van der Waals surface area contributed by atoms with Crippen LogP contribution in [0, 0.1) is 0 Å². The van der Waals surface area contributed by atoms with Crippen molar-refractivity contribution in [2.24, 2.45) is 0 Å². The molecule has 1 aliphatic heterocycles. The zero-order valence-electron chi connectivity index (χ0n) is 19.6. The van der Waals surface area contributed by atoms with Gasteiger partial charge in [0.25, 0.3) is 11.8 Å². The zero-order chi connectivity index (χ0) is 23.6. The summed E-state index contributed by atoms with van der Waals surface area (Å²) < 4.78 is 16.3. The molecule has 0 aliphatic carbocycles. The summed E-state index contributed by atoms with van der Waals surface area (Å²) >= 11 is 0. The van der Waals surface area contributed by atoms with Crippen LogP contribution in [-0.2, 0) is 14.3 Å². The van der Waals surface area contributed by atoms with Crippen molar-refractivity contribution in [2.45, 2.75) is 33.1 Å². The van der Waals surface area contributed by atoms with E-state index in [0.717, 1.165) is 12.8 Å². The Morgan fingerprint density at radius 2 is 1.52 bits per heavy atom. The van der Waals surface area contributed by atoms with Crippen LogP contribution in [0.15, 0.2) is 54.2 Å². The SMILES string of the molecule is CCCCOCCCN1C(=O)C(Nc2ccc(OC)cc2)=C(c2ccc(OCC)cc2)C1=O. The van der Waals surface area contributed by atoms with Crippen LogP contribution in [0.5, 0.6) is 11.5 Å². The van der Waals surface area contributed by atoms with Gasteiger partial charge in [-0.25, -0.2) is 0 Å². The molecule has 1 heterocycles. The van der Waals surface area contributed by atoms with Crippen LogP contribution in [0.3, 0.4) is 0 Å². The first-order chi connectivity index (χ1) is 16.1. The number of hydrogen-bond donors (Lipinski definition) is 1. The molecular weight excluding hydrogens is 420 g/mol. The lowest BCUT2D eigenvalue weighted by Crippen LogP contribution is -2.34. The molecule has 0 unspecified atom stereocenters. The normalized spacial score (nSPS) is 13.6. The number of imide groups is 1. The lowest BCUT2D eigenvalue weighted by atomic mass is 10.0. The van der Waals surface area contributed by atoms with Crippen LogP contribution in [0.1, 0.15) is 38.7 Å².